The van der Waals surface area contributed by atoms with Crippen LogP contribution in [-0.4, -0.2) is 23.7 Å². The summed E-state index contributed by atoms with van der Waals surface area (Å²) in [5.74, 6) is 0. The van der Waals surface area contributed by atoms with Gasteiger partial charge in [-0.2, -0.15) is 13.2 Å². The molecule has 0 aliphatic heterocycles. The number of hydrogen-bond donors (Lipinski definition) is 0. The molecule has 98 valence electrons. The van der Waals surface area contributed by atoms with Gasteiger partial charge in [-0.15, -0.1) is 0 Å². The Kier molecular flexibility index (Phi) is 8.46. The van der Waals surface area contributed by atoms with E-state index in [2.05, 4.69) is 22.9 Å². The summed E-state index contributed by atoms with van der Waals surface area (Å²) in [7, 11) is 0. The Balaban J connectivity index is 3.53. The molecule has 0 amide bonds. The molecule has 0 spiro atoms. The van der Waals surface area contributed by atoms with Crippen molar-refractivity contribution in [1.29, 1.82) is 0 Å². The molecule has 0 saturated heterocycles. The summed E-state index contributed by atoms with van der Waals surface area (Å²) < 4.78 is 41.5. The Morgan fingerprint density at radius 1 is 1.19 bits per heavy atom. The maximum atomic E-state index is 12.1. The van der Waals surface area contributed by atoms with Gasteiger partial charge in [-0.25, -0.2) is 0 Å². The highest BCUT2D eigenvalue weighted by Crippen LogP contribution is 2.26. The predicted molar refractivity (Wildman–Crippen MR) is 62.9 cm³/mol. The zero-order valence-electron chi connectivity index (χ0n) is 9.82. The molecule has 16 heavy (non-hydrogen) atoms. The number of ether oxygens (including phenoxy) is 1. The molecular formula is C11H20BrF3O. The molecule has 0 aromatic rings. The lowest BCUT2D eigenvalue weighted by Crippen LogP contribution is -2.29. The van der Waals surface area contributed by atoms with Crippen molar-refractivity contribution in [2.45, 2.75) is 63.1 Å². The first-order valence-electron chi connectivity index (χ1n) is 5.70. The summed E-state index contributed by atoms with van der Waals surface area (Å²) in [5, 5.41) is 0. The molecule has 1 nitrogen and oxygen atoms in total. The van der Waals surface area contributed by atoms with Crippen LogP contribution in [0.1, 0.15) is 46.0 Å². The molecule has 0 aromatic heterocycles. The van der Waals surface area contributed by atoms with Crippen LogP contribution in [0.3, 0.4) is 0 Å². The van der Waals surface area contributed by atoms with Crippen LogP contribution in [0.25, 0.3) is 0 Å². The van der Waals surface area contributed by atoms with E-state index in [1.807, 2.05) is 6.92 Å². The second-order valence-electron chi connectivity index (χ2n) is 4.00. The van der Waals surface area contributed by atoms with Crippen molar-refractivity contribution in [2.75, 3.05) is 6.61 Å². The fraction of sp³-hybridized carbons (Fsp3) is 1.00. The monoisotopic (exact) mass is 304 g/mol. The number of unbranched alkanes of at least 4 members (excludes halogenated alkanes) is 3. The minimum atomic E-state index is -4.22. The van der Waals surface area contributed by atoms with Crippen molar-refractivity contribution in [2.24, 2.45) is 0 Å². The van der Waals surface area contributed by atoms with Crippen LogP contribution < -0.4 is 0 Å². The Morgan fingerprint density at radius 2 is 1.81 bits per heavy atom. The molecule has 0 radical (unpaired) electrons. The number of rotatable bonds is 8. The van der Waals surface area contributed by atoms with E-state index in [0.29, 0.717) is 0 Å². The topological polar surface area (TPSA) is 9.23 Å². The summed E-state index contributed by atoms with van der Waals surface area (Å²) in [5.41, 5.74) is 0. The zero-order chi connectivity index (χ0) is 12.6. The van der Waals surface area contributed by atoms with Crippen LogP contribution in [-0.2, 0) is 4.74 Å². The predicted octanol–water partition coefficient (Wildman–Crippen LogP) is 4.69. The van der Waals surface area contributed by atoms with Crippen molar-refractivity contribution in [1.82, 2.24) is 0 Å². The van der Waals surface area contributed by atoms with E-state index < -0.39 is 11.0 Å². The van der Waals surface area contributed by atoms with E-state index in [9.17, 15) is 13.2 Å². The van der Waals surface area contributed by atoms with E-state index in [1.54, 1.807) is 0 Å². The molecule has 0 heterocycles. The third kappa shape index (κ3) is 8.39. The fourth-order valence-electron chi connectivity index (χ4n) is 1.29. The molecule has 2 unspecified atom stereocenters. The van der Waals surface area contributed by atoms with Gasteiger partial charge >= 0.3 is 6.18 Å². The molecule has 2 atom stereocenters. The lowest BCUT2D eigenvalue weighted by atomic mass is 10.1. The standard InChI is InChI=1S/C11H20BrF3O/c1-3-4-5-6-7-9(2)16-8-10(12)11(13,14)15/h9-10H,3-8H2,1-2H3. The van der Waals surface area contributed by atoms with Gasteiger partial charge in [0.2, 0.25) is 0 Å². The Labute approximate surface area is 104 Å². The fourth-order valence-corrected chi connectivity index (χ4v) is 1.44. The first-order chi connectivity index (χ1) is 7.38. The lowest BCUT2D eigenvalue weighted by molar-refractivity contribution is -0.140. The molecular weight excluding hydrogens is 285 g/mol. The molecule has 0 rings (SSSR count). The Morgan fingerprint density at radius 3 is 2.31 bits per heavy atom. The highest BCUT2D eigenvalue weighted by Gasteiger charge is 2.37. The average molecular weight is 305 g/mol. The average Bonchev–Trinajstić information content (AvgIpc) is 2.19. The molecule has 0 aromatic carbocycles. The Bertz CT molecular complexity index is 173. The van der Waals surface area contributed by atoms with E-state index in [4.69, 9.17) is 4.74 Å². The highest BCUT2D eigenvalue weighted by molar-refractivity contribution is 9.09. The molecule has 0 bridgehead atoms. The van der Waals surface area contributed by atoms with Gasteiger partial charge in [0.15, 0.2) is 0 Å². The smallest absolute Gasteiger partial charge is 0.377 e. The van der Waals surface area contributed by atoms with Gasteiger partial charge < -0.3 is 4.74 Å². The first kappa shape index (κ1) is 16.2. The Hall–Kier alpha value is 0.230. The number of halogens is 4. The van der Waals surface area contributed by atoms with E-state index >= 15 is 0 Å². The third-order valence-corrected chi connectivity index (χ3v) is 3.13. The maximum absolute atomic E-state index is 12.1. The van der Waals surface area contributed by atoms with Crippen LogP contribution in [0, 0.1) is 0 Å². The van der Waals surface area contributed by atoms with Crippen LogP contribution in [0.4, 0.5) is 13.2 Å². The zero-order valence-corrected chi connectivity index (χ0v) is 11.4. The van der Waals surface area contributed by atoms with Gasteiger partial charge in [-0.1, -0.05) is 48.5 Å². The second kappa shape index (κ2) is 8.34. The van der Waals surface area contributed by atoms with Gasteiger partial charge in [0.1, 0.15) is 4.83 Å². The molecule has 0 N–H and O–H groups in total. The van der Waals surface area contributed by atoms with Crippen molar-refractivity contribution in [3.05, 3.63) is 0 Å². The van der Waals surface area contributed by atoms with Crippen LogP contribution in [0.5, 0.6) is 0 Å². The van der Waals surface area contributed by atoms with Crippen LogP contribution in [0.15, 0.2) is 0 Å². The van der Waals surface area contributed by atoms with Gasteiger partial charge in [-0.05, 0) is 13.3 Å². The van der Waals surface area contributed by atoms with Crippen molar-refractivity contribution >= 4 is 15.9 Å². The molecule has 0 fully saturated rings. The number of hydrogen-bond acceptors (Lipinski definition) is 1. The summed E-state index contributed by atoms with van der Waals surface area (Å²) in [4.78, 5) is -1.56. The summed E-state index contributed by atoms with van der Waals surface area (Å²) in [6.45, 7) is 3.64. The van der Waals surface area contributed by atoms with Crippen molar-refractivity contribution < 1.29 is 17.9 Å². The lowest BCUT2D eigenvalue weighted by Gasteiger charge is -2.18. The minimum Gasteiger partial charge on any atom is -0.377 e. The number of alkyl halides is 4. The van der Waals surface area contributed by atoms with E-state index in [-0.39, 0.29) is 12.7 Å². The van der Waals surface area contributed by atoms with Gasteiger partial charge in [0, 0.05) is 0 Å². The largest absolute Gasteiger partial charge is 0.403 e. The van der Waals surface area contributed by atoms with Crippen molar-refractivity contribution in [3.8, 4) is 0 Å². The first-order valence-corrected chi connectivity index (χ1v) is 6.61. The minimum absolute atomic E-state index is 0.0979. The molecule has 0 aliphatic carbocycles. The normalized spacial score (nSPS) is 16.1. The van der Waals surface area contributed by atoms with Gasteiger partial charge in [-0.3, -0.25) is 0 Å². The van der Waals surface area contributed by atoms with Gasteiger partial charge in [0.05, 0.1) is 12.7 Å². The molecule has 5 heteroatoms. The second-order valence-corrected chi connectivity index (χ2v) is 5.11. The van der Waals surface area contributed by atoms with E-state index in [0.717, 1.165) is 25.7 Å². The van der Waals surface area contributed by atoms with E-state index in [1.165, 1.54) is 6.42 Å². The van der Waals surface area contributed by atoms with Crippen molar-refractivity contribution in [3.63, 3.8) is 0 Å². The van der Waals surface area contributed by atoms with Gasteiger partial charge in [0.25, 0.3) is 0 Å². The molecule has 0 saturated carbocycles. The highest BCUT2D eigenvalue weighted by atomic mass is 79.9. The SMILES string of the molecule is CCCCCCC(C)OCC(Br)C(F)(F)F. The molecule has 0 aliphatic rings. The maximum Gasteiger partial charge on any atom is 0.403 e. The quantitative estimate of drug-likeness (QED) is 0.467. The summed E-state index contributed by atoms with van der Waals surface area (Å²) in [6.07, 6.45) is 0.997. The summed E-state index contributed by atoms with van der Waals surface area (Å²) in [6, 6.07) is 0. The van der Waals surface area contributed by atoms with Crippen LogP contribution >= 0.6 is 15.9 Å². The third-order valence-electron chi connectivity index (χ3n) is 2.35. The summed E-state index contributed by atoms with van der Waals surface area (Å²) >= 11 is 2.57. The van der Waals surface area contributed by atoms with Crippen LogP contribution in [0.2, 0.25) is 0 Å².